The number of halogens is 2. The smallest absolute Gasteiger partial charge is 0.266 e. The third kappa shape index (κ3) is 4.64. The number of nitrogens with zero attached hydrogens (tertiary/aromatic N) is 1. The van der Waals surface area contributed by atoms with Crippen LogP contribution in [0.3, 0.4) is 0 Å². The molecule has 0 atom stereocenters. The molecule has 1 aliphatic heterocycles. The molecule has 0 saturated carbocycles. The topological polar surface area (TPSA) is 38.8 Å². The standard InChI is InChI=1S/C20H17ClINO3S2/c1-3-23-19(24)17(28-20(23)27)10-12-8-15(22)18(16(9-12)25-2)26-11-13-6-4-5-7-14(13)21/h4-10H,3,11H2,1-2H3/b17-10+. The van der Waals surface area contributed by atoms with Crippen LogP contribution in [0.25, 0.3) is 6.08 Å². The molecular weight excluding hydrogens is 529 g/mol. The summed E-state index contributed by atoms with van der Waals surface area (Å²) in [7, 11) is 1.59. The lowest BCUT2D eigenvalue weighted by atomic mass is 10.1. The third-order valence-electron chi connectivity index (χ3n) is 4.07. The minimum absolute atomic E-state index is 0.0643. The maximum atomic E-state index is 12.4. The predicted molar refractivity (Wildman–Crippen MR) is 127 cm³/mol. The minimum Gasteiger partial charge on any atom is -0.493 e. The van der Waals surface area contributed by atoms with Crippen molar-refractivity contribution in [2.24, 2.45) is 0 Å². The van der Waals surface area contributed by atoms with Crippen LogP contribution in [0.4, 0.5) is 0 Å². The van der Waals surface area contributed by atoms with E-state index in [1.165, 1.54) is 11.8 Å². The first-order valence-electron chi connectivity index (χ1n) is 8.43. The Labute approximate surface area is 192 Å². The first-order valence-corrected chi connectivity index (χ1v) is 11.1. The van der Waals surface area contributed by atoms with Crippen molar-refractivity contribution in [3.63, 3.8) is 0 Å². The molecular formula is C20H17ClINO3S2. The minimum atomic E-state index is -0.0643. The van der Waals surface area contributed by atoms with Gasteiger partial charge < -0.3 is 9.47 Å². The van der Waals surface area contributed by atoms with Gasteiger partial charge in [0.05, 0.1) is 15.6 Å². The van der Waals surface area contributed by atoms with Gasteiger partial charge in [0, 0.05) is 17.1 Å². The average Bonchev–Trinajstić information content (AvgIpc) is 2.94. The van der Waals surface area contributed by atoms with Gasteiger partial charge in [0.2, 0.25) is 0 Å². The number of hydrogen-bond acceptors (Lipinski definition) is 5. The summed E-state index contributed by atoms with van der Waals surface area (Å²) >= 11 is 15.0. The summed E-state index contributed by atoms with van der Waals surface area (Å²) in [5, 5.41) is 0.658. The monoisotopic (exact) mass is 545 g/mol. The van der Waals surface area contributed by atoms with E-state index < -0.39 is 0 Å². The number of hydrogen-bond donors (Lipinski definition) is 0. The molecule has 0 aromatic heterocycles. The molecule has 4 nitrogen and oxygen atoms in total. The highest BCUT2D eigenvalue weighted by molar-refractivity contribution is 14.1. The highest BCUT2D eigenvalue weighted by Crippen LogP contribution is 2.37. The van der Waals surface area contributed by atoms with Crippen molar-refractivity contribution >= 4 is 74.5 Å². The Hall–Kier alpha value is -1.29. The molecule has 0 radical (unpaired) electrons. The maximum absolute atomic E-state index is 12.4. The number of amides is 1. The molecule has 1 aliphatic rings. The molecule has 2 aromatic rings. The molecule has 3 rings (SSSR count). The number of thioether (sulfide) groups is 1. The van der Waals surface area contributed by atoms with Crippen LogP contribution in [0.2, 0.25) is 5.02 Å². The molecule has 2 aromatic carbocycles. The lowest BCUT2D eigenvalue weighted by molar-refractivity contribution is -0.121. The Morgan fingerprint density at radius 3 is 2.71 bits per heavy atom. The molecule has 0 N–H and O–H groups in total. The van der Waals surface area contributed by atoms with Gasteiger partial charge in [-0.25, -0.2) is 0 Å². The molecule has 1 amide bonds. The Morgan fingerprint density at radius 2 is 2.07 bits per heavy atom. The van der Waals surface area contributed by atoms with Crippen LogP contribution in [-0.2, 0) is 11.4 Å². The van der Waals surface area contributed by atoms with E-state index in [0.29, 0.717) is 38.9 Å². The summed E-state index contributed by atoms with van der Waals surface area (Å²) < 4.78 is 13.0. The highest BCUT2D eigenvalue weighted by atomic mass is 127. The zero-order chi connectivity index (χ0) is 20.3. The van der Waals surface area contributed by atoms with E-state index in [1.54, 1.807) is 12.0 Å². The quantitative estimate of drug-likeness (QED) is 0.262. The number of thiocarbonyl (C=S) groups is 1. The van der Waals surface area contributed by atoms with Gasteiger partial charge in [-0.3, -0.25) is 9.69 Å². The first-order chi connectivity index (χ1) is 13.4. The van der Waals surface area contributed by atoms with Crippen LogP contribution in [0.1, 0.15) is 18.1 Å². The van der Waals surface area contributed by atoms with Gasteiger partial charge in [0.25, 0.3) is 5.91 Å². The van der Waals surface area contributed by atoms with Gasteiger partial charge in [-0.05, 0) is 59.4 Å². The zero-order valence-corrected chi connectivity index (χ0v) is 19.7. The number of carbonyl (C=O) groups is 1. The second kappa shape index (κ2) is 9.47. The van der Waals surface area contributed by atoms with E-state index in [-0.39, 0.29) is 5.91 Å². The normalized spacial score (nSPS) is 15.4. The van der Waals surface area contributed by atoms with Crippen molar-refractivity contribution in [3.8, 4) is 11.5 Å². The summed E-state index contributed by atoms with van der Waals surface area (Å²) in [5.74, 6) is 1.17. The van der Waals surface area contributed by atoms with Gasteiger partial charge >= 0.3 is 0 Å². The zero-order valence-electron chi connectivity index (χ0n) is 15.2. The number of likely N-dealkylation sites (N-methyl/N-ethyl adjacent to an activating group) is 1. The molecule has 1 heterocycles. The molecule has 146 valence electrons. The second-order valence-corrected chi connectivity index (χ2v) is 9.09. The molecule has 1 saturated heterocycles. The van der Waals surface area contributed by atoms with E-state index in [0.717, 1.165) is 14.7 Å². The fraction of sp³-hybridized carbons (Fsp3) is 0.200. The Bertz CT molecular complexity index is 964. The van der Waals surface area contributed by atoms with Crippen molar-refractivity contribution in [1.29, 1.82) is 0 Å². The van der Waals surface area contributed by atoms with E-state index in [1.807, 2.05) is 49.4 Å². The van der Waals surface area contributed by atoms with Crippen LogP contribution in [0, 0.1) is 3.57 Å². The fourth-order valence-electron chi connectivity index (χ4n) is 2.65. The van der Waals surface area contributed by atoms with Crippen molar-refractivity contribution in [3.05, 3.63) is 61.0 Å². The summed E-state index contributed by atoms with van der Waals surface area (Å²) in [5.41, 5.74) is 1.75. The summed E-state index contributed by atoms with van der Waals surface area (Å²) in [6.07, 6.45) is 1.83. The SMILES string of the molecule is CCN1C(=O)/C(=C\c2cc(I)c(OCc3ccccc3Cl)c(OC)c2)SC1=S. The highest BCUT2D eigenvalue weighted by Gasteiger charge is 2.30. The Morgan fingerprint density at radius 1 is 1.32 bits per heavy atom. The second-order valence-electron chi connectivity index (χ2n) is 5.84. The largest absolute Gasteiger partial charge is 0.493 e. The Kier molecular flexibility index (Phi) is 7.25. The molecule has 0 spiro atoms. The summed E-state index contributed by atoms with van der Waals surface area (Å²) in [6.45, 7) is 2.81. The van der Waals surface area contributed by atoms with Crippen LogP contribution in [0.15, 0.2) is 41.3 Å². The number of methoxy groups -OCH3 is 1. The van der Waals surface area contributed by atoms with Crippen molar-refractivity contribution in [2.45, 2.75) is 13.5 Å². The first kappa shape index (κ1) is 21.4. The lowest BCUT2D eigenvalue weighted by Crippen LogP contribution is -2.27. The van der Waals surface area contributed by atoms with Crippen molar-refractivity contribution in [2.75, 3.05) is 13.7 Å². The van der Waals surface area contributed by atoms with Gasteiger partial charge in [-0.1, -0.05) is 53.8 Å². The van der Waals surface area contributed by atoms with Gasteiger partial charge in [0.15, 0.2) is 11.5 Å². The number of benzene rings is 2. The molecule has 0 unspecified atom stereocenters. The summed E-state index contributed by atoms with van der Waals surface area (Å²) in [6, 6.07) is 11.4. The van der Waals surface area contributed by atoms with Gasteiger partial charge in [-0.15, -0.1) is 0 Å². The van der Waals surface area contributed by atoms with E-state index in [4.69, 9.17) is 33.3 Å². The molecule has 0 aliphatic carbocycles. The van der Waals surface area contributed by atoms with Crippen LogP contribution in [0.5, 0.6) is 11.5 Å². The Balaban J connectivity index is 1.86. The number of ether oxygens (including phenoxy) is 2. The third-order valence-corrected chi connectivity index (χ3v) is 6.62. The van der Waals surface area contributed by atoms with E-state index in [9.17, 15) is 4.79 Å². The van der Waals surface area contributed by atoms with Crippen LogP contribution in [-0.4, -0.2) is 28.8 Å². The molecule has 1 fully saturated rings. The van der Waals surface area contributed by atoms with Gasteiger partial charge in [0.1, 0.15) is 10.9 Å². The molecule has 8 heteroatoms. The van der Waals surface area contributed by atoms with Crippen molar-refractivity contribution in [1.82, 2.24) is 4.90 Å². The van der Waals surface area contributed by atoms with Crippen LogP contribution < -0.4 is 9.47 Å². The predicted octanol–water partition coefficient (Wildman–Crippen LogP) is 5.75. The molecule has 0 bridgehead atoms. The van der Waals surface area contributed by atoms with Crippen LogP contribution >= 0.6 is 58.2 Å². The van der Waals surface area contributed by atoms with Crippen molar-refractivity contribution < 1.29 is 14.3 Å². The fourth-order valence-corrected chi connectivity index (χ4v) is 5.01. The van der Waals surface area contributed by atoms with E-state index >= 15 is 0 Å². The maximum Gasteiger partial charge on any atom is 0.266 e. The molecule has 28 heavy (non-hydrogen) atoms. The average molecular weight is 546 g/mol. The van der Waals surface area contributed by atoms with Gasteiger partial charge in [-0.2, -0.15) is 0 Å². The van der Waals surface area contributed by atoms with E-state index in [2.05, 4.69) is 22.6 Å². The number of rotatable bonds is 6. The number of carbonyl (C=O) groups excluding carboxylic acids is 1. The summed E-state index contributed by atoms with van der Waals surface area (Å²) in [4.78, 5) is 14.6. The lowest BCUT2D eigenvalue weighted by Gasteiger charge is -2.14.